The molecule has 2 fully saturated rings. The summed E-state index contributed by atoms with van der Waals surface area (Å²) in [6, 6.07) is 9.75. The van der Waals surface area contributed by atoms with Gasteiger partial charge < -0.3 is 16.5 Å². The summed E-state index contributed by atoms with van der Waals surface area (Å²) in [7, 11) is 0. The molecule has 2 saturated carbocycles. The highest BCUT2D eigenvalue weighted by Crippen LogP contribution is 2.33. The van der Waals surface area contributed by atoms with Crippen molar-refractivity contribution in [2.45, 2.75) is 73.1 Å². The maximum Gasteiger partial charge on any atom is 0.238 e. The second-order valence-electron chi connectivity index (χ2n) is 14.3. The van der Waals surface area contributed by atoms with Gasteiger partial charge in [0, 0.05) is 43.9 Å². The number of aromatic nitrogens is 7. The molecule has 0 radical (unpaired) electrons. The largest absolute Gasteiger partial charge is 0.396 e. The Morgan fingerprint density at radius 1 is 0.705 bits per heavy atom. The van der Waals surface area contributed by atoms with Gasteiger partial charge in [0.25, 0.3) is 0 Å². The number of nitrogens with zero attached hydrogens (tertiary/aromatic N) is 7. The van der Waals surface area contributed by atoms with E-state index in [0.29, 0.717) is 28.2 Å². The number of fused-ring (bicyclic) bond motifs is 1. The Bertz CT molecular complexity index is 2290. The Morgan fingerprint density at radius 3 is 1.75 bits per heavy atom. The highest BCUT2D eigenvalue weighted by Gasteiger charge is 2.22. The SMILES string of the molecule is Cc1ccn2c(NCC3CC3)nnc2c1I.Cc1ccnc(Cl)c1I.Cc1ccnc(Cl)c1N.Cc1ccnc(NN)c1I.Cc1ccnc(NNC(=O)CCC2CC2)c1I. The number of pyridine rings is 5. The second kappa shape index (κ2) is 25.6. The third-order valence-corrected chi connectivity index (χ3v) is 15.6. The zero-order chi connectivity index (χ0) is 44.6. The summed E-state index contributed by atoms with van der Waals surface area (Å²) in [5, 5.41) is 12.8. The molecule has 61 heavy (non-hydrogen) atoms. The highest BCUT2D eigenvalue weighted by molar-refractivity contribution is 14.1. The van der Waals surface area contributed by atoms with Crippen molar-refractivity contribution in [1.82, 2.24) is 40.0 Å². The molecule has 6 aromatic heterocycles. The van der Waals surface area contributed by atoms with Gasteiger partial charge in [-0.3, -0.25) is 20.0 Å². The van der Waals surface area contributed by atoms with Crippen molar-refractivity contribution in [2.24, 2.45) is 17.7 Å². The predicted octanol–water partition coefficient (Wildman–Crippen LogP) is 10.6. The number of nitrogen functional groups attached to an aromatic ring is 2. The smallest absolute Gasteiger partial charge is 0.238 e. The van der Waals surface area contributed by atoms with Crippen molar-refractivity contribution in [1.29, 1.82) is 0 Å². The zero-order valence-electron chi connectivity index (χ0n) is 34.3. The Balaban J connectivity index is 0.000000173. The third-order valence-electron chi connectivity index (χ3n) is 9.26. The van der Waals surface area contributed by atoms with E-state index >= 15 is 0 Å². The van der Waals surface area contributed by atoms with Gasteiger partial charge in [0.2, 0.25) is 11.9 Å². The van der Waals surface area contributed by atoms with E-state index in [-0.39, 0.29) is 5.91 Å². The van der Waals surface area contributed by atoms with E-state index in [1.165, 1.54) is 45.9 Å². The molecular weight excluding hydrogens is 1270 g/mol. The van der Waals surface area contributed by atoms with E-state index < -0.39 is 0 Å². The van der Waals surface area contributed by atoms with Crippen LogP contribution in [0.25, 0.3) is 5.65 Å². The third kappa shape index (κ3) is 16.8. The van der Waals surface area contributed by atoms with Crippen molar-refractivity contribution >= 4 is 148 Å². The van der Waals surface area contributed by atoms with E-state index in [9.17, 15) is 4.79 Å². The molecule has 20 heteroatoms. The number of carbonyl (C=O) groups is 1. The minimum absolute atomic E-state index is 0.0380. The molecule has 0 saturated heterocycles. The van der Waals surface area contributed by atoms with Gasteiger partial charge in [0.05, 0.1) is 20.0 Å². The molecule has 326 valence electrons. The van der Waals surface area contributed by atoms with Crippen LogP contribution in [0.2, 0.25) is 10.3 Å². The molecule has 14 nitrogen and oxygen atoms in total. The lowest BCUT2D eigenvalue weighted by Gasteiger charge is -2.10. The molecule has 0 bridgehead atoms. The quantitative estimate of drug-likeness (QED) is 0.0347. The lowest BCUT2D eigenvalue weighted by molar-refractivity contribution is -0.120. The molecule has 8 N–H and O–H groups in total. The first-order valence-corrected chi connectivity index (χ1v) is 24.3. The number of hydrogen-bond donors (Lipinski definition) is 6. The molecule has 2 aliphatic rings. The van der Waals surface area contributed by atoms with Gasteiger partial charge in [-0.2, -0.15) is 0 Å². The fourth-order valence-electron chi connectivity index (χ4n) is 4.94. The van der Waals surface area contributed by atoms with Crippen LogP contribution in [0, 0.1) is 60.7 Å². The van der Waals surface area contributed by atoms with Crippen LogP contribution in [-0.2, 0) is 4.79 Å². The van der Waals surface area contributed by atoms with Gasteiger partial charge in [-0.15, -0.1) is 10.2 Å². The summed E-state index contributed by atoms with van der Waals surface area (Å²) in [5.74, 6) is 9.19. The topological polar surface area (TPSA) is 199 Å². The van der Waals surface area contributed by atoms with Gasteiger partial charge >= 0.3 is 0 Å². The lowest BCUT2D eigenvalue weighted by Crippen LogP contribution is -2.30. The number of carbonyl (C=O) groups excluding carboxylic acids is 1. The van der Waals surface area contributed by atoms with Crippen molar-refractivity contribution in [3.8, 4) is 0 Å². The molecule has 0 spiro atoms. The Hall–Kier alpha value is -2.65. The number of nitrogens with one attached hydrogen (secondary N) is 4. The first-order valence-electron chi connectivity index (χ1n) is 19.2. The lowest BCUT2D eigenvalue weighted by atomic mass is 10.2. The van der Waals surface area contributed by atoms with Gasteiger partial charge in [0.15, 0.2) is 22.4 Å². The van der Waals surface area contributed by atoms with Gasteiger partial charge in [-0.05, 0) is 214 Å². The summed E-state index contributed by atoms with van der Waals surface area (Å²) >= 11 is 20.2. The molecule has 6 heterocycles. The number of nitrogens with two attached hydrogens (primary N) is 2. The minimum atomic E-state index is 0.0380. The number of rotatable bonds is 9. The van der Waals surface area contributed by atoms with Crippen LogP contribution in [0.4, 0.5) is 23.3 Å². The molecule has 0 aliphatic heterocycles. The molecule has 2 aliphatic carbocycles. The van der Waals surface area contributed by atoms with Gasteiger partial charge in [-0.1, -0.05) is 36.0 Å². The first kappa shape index (κ1) is 51.0. The monoisotopic (exact) mass is 1320 g/mol. The molecule has 0 aromatic carbocycles. The maximum absolute atomic E-state index is 11.5. The van der Waals surface area contributed by atoms with Crippen LogP contribution in [0.1, 0.15) is 66.3 Å². The van der Waals surface area contributed by atoms with Crippen LogP contribution in [-0.4, -0.2) is 47.0 Å². The molecular formula is C41H49Cl2I4N13O. The Labute approximate surface area is 421 Å². The first-order chi connectivity index (χ1) is 29.1. The fourth-order valence-corrected chi connectivity index (χ4v) is 7.15. The van der Waals surface area contributed by atoms with Crippen molar-refractivity contribution in [3.63, 3.8) is 0 Å². The number of anilines is 4. The van der Waals surface area contributed by atoms with Gasteiger partial charge in [0.1, 0.15) is 5.15 Å². The van der Waals surface area contributed by atoms with E-state index in [1.807, 2.05) is 62.6 Å². The number of hydrogen-bond acceptors (Lipinski definition) is 12. The summed E-state index contributed by atoms with van der Waals surface area (Å²) in [6.45, 7) is 11.0. The van der Waals surface area contributed by atoms with Crippen LogP contribution in [0.3, 0.4) is 0 Å². The minimum Gasteiger partial charge on any atom is -0.396 e. The Morgan fingerprint density at radius 2 is 1.23 bits per heavy atom. The zero-order valence-corrected chi connectivity index (χ0v) is 44.5. The van der Waals surface area contributed by atoms with E-state index in [2.05, 4.69) is 155 Å². The van der Waals surface area contributed by atoms with Crippen LogP contribution in [0.5, 0.6) is 0 Å². The standard InChI is InChI=1S/C12H16IN3O.C11H13IN4.C6H5ClIN.C6H7ClN2.C6H8IN3/c1-8-6-7-14-12(11(8)13)16-15-10(17)5-4-9-2-3-9;1-7-4-5-16-10(9(7)12)14-15-11(16)13-6-8-2-3-8;2*1-4-2-3-9-6(7)5(4)8;1-4-2-3-9-6(10-8)5(4)7/h6-7,9H,2-5H2,1H3,(H,14,16)(H,15,17);4-5,8H,2-3,6H2,1H3,(H,13,15);2-3H,1H3;2-3H,8H2,1H3;2-3H,8H2,1H3,(H,9,10). The maximum atomic E-state index is 11.5. The summed E-state index contributed by atoms with van der Waals surface area (Å²) in [4.78, 5) is 27.4. The molecule has 8 rings (SSSR count). The number of halogens is 6. The summed E-state index contributed by atoms with van der Waals surface area (Å²) in [5.41, 5.74) is 20.8. The fraction of sp³-hybridized carbons (Fsp3) is 0.341. The molecule has 0 atom stereocenters. The molecule has 6 aromatic rings. The molecule has 1 amide bonds. The van der Waals surface area contributed by atoms with Crippen molar-refractivity contribution < 1.29 is 4.79 Å². The van der Waals surface area contributed by atoms with Crippen molar-refractivity contribution in [2.75, 3.05) is 28.4 Å². The Kier molecular flexibility index (Phi) is 21.4. The number of aryl methyl sites for hydroxylation is 5. The number of amides is 1. The van der Waals surface area contributed by atoms with Gasteiger partial charge in [-0.25, -0.2) is 25.8 Å². The average Bonchev–Trinajstić information content (AvgIpc) is 4.20. The highest BCUT2D eigenvalue weighted by atomic mass is 127. The predicted molar refractivity (Wildman–Crippen MR) is 282 cm³/mol. The van der Waals surface area contributed by atoms with Crippen molar-refractivity contribution in [3.05, 3.63) is 114 Å². The van der Waals surface area contributed by atoms with Crippen LogP contribution in [0.15, 0.2) is 61.3 Å². The number of hydrazine groups is 2. The van der Waals surface area contributed by atoms with E-state index in [0.717, 1.165) is 64.1 Å². The van der Waals surface area contributed by atoms with E-state index in [4.69, 9.17) is 34.8 Å². The molecule has 0 unspecified atom stereocenters. The average molecular weight is 1320 g/mol. The van der Waals surface area contributed by atoms with Crippen LogP contribution < -0.4 is 33.2 Å². The van der Waals surface area contributed by atoms with E-state index in [1.54, 1.807) is 24.8 Å². The second-order valence-corrected chi connectivity index (χ2v) is 19.3. The van der Waals surface area contributed by atoms with Crippen LogP contribution >= 0.6 is 114 Å². The normalized spacial score (nSPS) is 12.5. The summed E-state index contributed by atoms with van der Waals surface area (Å²) in [6.07, 6.45) is 15.7. The summed E-state index contributed by atoms with van der Waals surface area (Å²) < 4.78 is 6.34.